The van der Waals surface area contributed by atoms with Gasteiger partial charge in [0.1, 0.15) is 0 Å². The Morgan fingerprint density at radius 3 is 2.84 bits per heavy atom. The Hall–Kier alpha value is -2.59. The summed E-state index contributed by atoms with van der Waals surface area (Å²) in [6.45, 7) is 1.81. The van der Waals surface area contributed by atoms with Crippen LogP contribution in [-0.4, -0.2) is 16.7 Å². The summed E-state index contributed by atoms with van der Waals surface area (Å²) in [5, 5.41) is 4.36. The first-order valence-electron chi connectivity index (χ1n) is 8.25. The van der Waals surface area contributed by atoms with E-state index in [-0.39, 0.29) is 6.04 Å². The van der Waals surface area contributed by atoms with Crippen molar-refractivity contribution in [3.05, 3.63) is 69.9 Å². The summed E-state index contributed by atoms with van der Waals surface area (Å²) in [6, 6.07) is 13.0. The van der Waals surface area contributed by atoms with E-state index >= 15 is 0 Å². The summed E-state index contributed by atoms with van der Waals surface area (Å²) in [4.78, 5) is 28.5. The lowest BCUT2D eigenvalue weighted by molar-refractivity contribution is -0.117. The van der Waals surface area contributed by atoms with Gasteiger partial charge in [0.25, 0.3) is 11.7 Å². The van der Waals surface area contributed by atoms with Crippen LogP contribution in [-0.2, 0) is 11.2 Å². The Morgan fingerprint density at radius 2 is 2.00 bits per heavy atom. The van der Waals surface area contributed by atoms with Gasteiger partial charge >= 0.3 is 0 Å². The van der Waals surface area contributed by atoms with Crippen molar-refractivity contribution in [1.82, 2.24) is 10.3 Å². The molecule has 1 heterocycles. The van der Waals surface area contributed by atoms with Gasteiger partial charge in [0.05, 0.1) is 11.6 Å². The van der Waals surface area contributed by atoms with Gasteiger partial charge in [0.15, 0.2) is 0 Å². The van der Waals surface area contributed by atoms with Gasteiger partial charge in [-0.25, -0.2) is 0 Å². The van der Waals surface area contributed by atoms with Crippen molar-refractivity contribution < 1.29 is 9.59 Å². The SMILES string of the molecule is Cc1[nH]c2ccccc2c1C(=O)C(=O)NC1CCc2cc(Cl)ccc21. The number of amides is 1. The van der Waals surface area contributed by atoms with E-state index in [2.05, 4.69) is 10.3 Å². The minimum Gasteiger partial charge on any atom is -0.358 e. The second-order valence-electron chi connectivity index (χ2n) is 6.41. The molecule has 126 valence electrons. The minimum absolute atomic E-state index is 0.144. The molecule has 1 aliphatic carbocycles. The average molecular weight is 353 g/mol. The summed E-state index contributed by atoms with van der Waals surface area (Å²) in [6.07, 6.45) is 1.63. The summed E-state index contributed by atoms with van der Waals surface area (Å²) in [5.41, 5.74) is 4.19. The van der Waals surface area contributed by atoms with Crippen molar-refractivity contribution >= 4 is 34.2 Å². The number of hydrogen-bond donors (Lipinski definition) is 2. The van der Waals surface area contributed by atoms with E-state index in [0.29, 0.717) is 16.3 Å². The quantitative estimate of drug-likeness (QED) is 0.550. The number of para-hydroxylation sites is 1. The van der Waals surface area contributed by atoms with E-state index in [9.17, 15) is 9.59 Å². The number of nitrogens with one attached hydrogen (secondary N) is 2. The number of rotatable bonds is 3. The number of hydrogen-bond acceptors (Lipinski definition) is 2. The molecule has 0 fully saturated rings. The third-order valence-corrected chi connectivity index (χ3v) is 5.05. The fourth-order valence-corrected chi connectivity index (χ4v) is 3.84. The van der Waals surface area contributed by atoms with Crippen molar-refractivity contribution in [1.29, 1.82) is 0 Å². The topological polar surface area (TPSA) is 62.0 Å². The van der Waals surface area contributed by atoms with Crippen molar-refractivity contribution in [2.45, 2.75) is 25.8 Å². The van der Waals surface area contributed by atoms with E-state index in [1.54, 1.807) is 0 Å². The zero-order valence-corrected chi connectivity index (χ0v) is 14.5. The van der Waals surface area contributed by atoms with Crippen molar-refractivity contribution in [3.8, 4) is 0 Å². The number of H-pyrrole nitrogens is 1. The molecule has 4 nitrogen and oxygen atoms in total. The number of carbonyl (C=O) groups is 2. The van der Waals surface area contributed by atoms with Crippen molar-refractivity contribution in [2.75, 3.05) is 0 Å². The van der Waals surface area contributed by atoms with Gasteiger partial charge in [-0.05, 0) is 49.1 Å². The third kappa shape index (κ3) is 2.72. The Balaban J connectivity index is 1.60. The maximum Gasteiger partial charge on any atom is 0.292 e. The molecule has 4 rings (SSSR count). The number of aromatic amines is 1. The Morgan fingerprint density at radius 1 is 1.20 bits per heavy atom. The highest BCUT2D eigenvalue weighted by molar-refractivity contribution is 6.45. The molecule has 0 radical (unpaired) electrons. The van der Waals surface area contributed by atoms with Gasteiger partial charge in [-0.2, -0.15) is 0 Å². The van der Waals surface area contributed by atoms with Crippen LogP contribution in [0.5, 0.6) is 0 Å². The van der Waals surface area contributed by atoms with Gasteiger partial charge in [-0.1, -0.05) is 35.9 Å². The largest absolute Gasteiger partial charge is 0.358 e. The molecule has 1 atom stereocenters. The molecule has 25 heavy (non-hydrogen) atoms. The van der Waals surface area contributed by atoms with Crippen LogP contribution in [0.15, 0.2) is 42.5 Å². The monoisotopic (exact) mass is 352 g/mol. The molecule has 0 aliphatic heterocycles. The summed E-state index contributed by atoms with van der Waals surface area (Å²) in [5.74, 6) is -1.07. The van der Waals surface area contributed by atoms with Gasteiger partial charge in [-0.15, -0.1) is 0 Å². The highest BCUT2D eigenvalue weighted by Crippen LogP contribution is 2.33. The molecule has 5 heteroatoms. The second kappa shape index (κ2) is 6.05. The smallest absolute Gasteiger partial charge is 0.292 e. The average Bonchev–Trinajstić information content (AvgIpc) is 3.13. The predicted molar refractivity (Wildman–Crippen MR) is 98.0 cm³/mol. The van der Waals surface area contributed by atoms with Gasteiger partial charge < -0.3 is 10.3 Å². The van der Waals surface area contributed by atoms with E-state index in [1.807, 2.05) is 49.4 Å². The Labute approximate surface area is 150 Å². The second-order valence-corrected chi connectivity index (χ2v) is 6.84. The number of carbonyl (C=O) groups excluding carboxylic acids is 2. The van der Waals surface area contributed by atoms with Gasteiger partial charge in [-0.3, -0.25) is 9.59 Å². The highest BCUT2D eigenvalue weighted by atomic mass is 35.5. The van der Waals surface area contributed by atoms with Crippen LogP contribution in [0.1, 0.15) is 39.6 Å². The number of benzene rings is 2. The van der Waals surface area contributed by atoms with Crippen LogP contribution in [0.2, 0.25) is 5.02 Å². The number of ketones is 1. The summed E-state index contributed by atoms with van der Waals surface area (Å²) < 4.78 is 0. The molecule has 1 amide bonds. The fourth-order valence-electron chi connectivity index (χ4n) is 3.64. The van der Waals surface area contributed by atoms with E-state index in [4.69, 9.17) is 11.6 Å². The molecule has 0 saturated carbocycles. The molecule has 2 aromatic carbocycles. The lowest BCUT2D eigenvalue weighted by Crippen LogP contribution is -2.33. The molecule has 0 spiro atoms. The molecule has 1 unspecified atom stereocenters. The van der Waals surface area contributed by atoms with Crippen molar-refractivity contribution in [3.63, 3.8) is 0 Å². The first-order chi connectivity index (χ1) is 12.0. The lowest BCUT2D eigenvalue weighted by atomic mass is 10.0. The first-order valence-corrected chi connectivity index (χ1v) is 8.63. The number of Topliss-reactive ketones (excluding diaryl/α,β-unsaturated/α-hetero) is 1. The minimum atomic E-state index is -0.569. The number of fused-ring (bicyclic) bond motifs is 2. The maximum atomic E-state index is 12.7. The number of aromatic nitrogens is 1. The number of halogens is 1. The standard InChI is InChI=1S/C20H17ClN2O2/c1-11-18(15-4-2-3-5-16(15)22-11)19(24)20(25)23-17-9-6-12-10-13(21)7-8-14(12)17/h2-5,7-8,10,17,22H,6,9H2,1H3,(H,23,25). The van der Waals surface area contributed by atoms with Crippen LogP contribution >= 0.6 is 11.6 Å². The molecule has 2 N–H and O–H groups in total. The van der Waals surface area contributed by atoms with Crippen LogP contribution in [0.25, 0.3) is 10.9 Å². The first kappa shape index (κ1) is 15.9. The van der Waals surface area contributed by atoms with Crippen LogP contribution < -0.4 is 5.32 Å². The third-order valence-electron chi connectivity index (χ3n) is 4.81. The van der Waals surface area contributed by atoms with Gasteiger partial charge in [0, 0.05) is 21.6 Å². The fraction of sp³-hybridized carbons (Fsp3) is 0.200. The lowest BCUT2D eigenvalue weighted by Gasteiger charge is -2.13. The van der Waals surface area contributed by atoms with Gasteiger partial charge in [0.2, 0.25) is 0 Å². The van der Waals surface area contributed by atoms with E-state index < -0.39 is 11.7 Å². The molecule has 0 saturated heterocycles. The molecule has 1 aliphatic rings. The summed E-state index contributed by atoms with van der Waals surface area (Å²) >= 11 is 6.02. The normalized spacial score (nSPS) is 16.0. The number of aryl methyl sites for hydroxylation is 2. The zero-order valence-electron chi connectivity index (χ0n) is 13.7. The molecule has 3 aromatic rings. The summed E-state index contributed by atoms with van der Waals surface area (Å²) in [7, 11) is 0. The molecule has 0 bridgehead atoms. The zero-order chi connectivity index (χ0) is 17.6. The highest BCUT2D eigenvalue weighted by Gasteiger charge is 2.28. The van der Waals surface area contributed by atoms with Crippen LogP contribution in [0.3, 0.4) is 0 Å². The maximum absolute atomic E-state index is 12.7. The molecular formula is C20H17ClN2O2. The van der Waals surface area contributed by atoms with Crippen LogP contribution in [0, 0.1) is 6.92 Å². The Bertz CT molecular complexity index is 1010. The van der Waals surface area contributed by atoms with E-state index in [1.165, 1.54) is 0 Å². The predicted octanol–water partition coefficient (Wildman–Crippen LogP) is 4.12. The van der Waals surface area contributed by atoms with E-state index in [0.717, 1.165) is 34.9 Å². The van der Waals surface area contributed by atoms with Crippen LogP contribution in [0.4, 0.5) is 0 Å². The Kier molecular flexibility index (Phi) is 3.85. The van der Waals surface area contributed by atoms with Crippen molar-refractivity contribution in [2.24, 2.45) is 0 Å². The molecular weight excluding hydrogens is 336 g/mol. The molecule has 1 aromatic heterocycles.